The van der Waals surface area contributed by atoms with Gasteiger partial charge in [-0.2, -0.15) is 0 Å². The Bertz CT molecular complexity index is 406. The number of methoxy groups -OCH3 is 1. The largest absolute Gasteiger partial charge is 0.511 e. The van der Waals surface area contributed by atoms with Crippen LogP contribution in [0.3, 0.4) is 0 Å². The average molecular weight is 308 g/mol. The Hall–Kier alpha value is -1.32. The zero-order chi connectivity index (χ0) is 15.6. The van der Waals surface area contributed by atoms with E-state index < -0.39 is 12.4 Å². The zero-order valence-corrected chi connectivity index (χ0v) is 11.8. The van der Waals surface area contributed by atoms with Gasteiger partial charge in [0, 0.05) is 13.3 Å². The molecular formula is C12H18BF3NO4-. The molecule has 1 aromatic rings. The summed E-state index contributed by atoms with van der Waals surface area (Å²) in [5.74, 6) is 0.0756. The quantitative estimate of drug-likeness (QED) is 0.454. The third-order valence-electron chi connectivity index (χ3n) is 2.41. The Labute approximate surface area is 121 Å². The van der Waals surface area contributed by atoms with Gasteiger partial charge in [-0.15, -0.1) is 0 Å². The summed E-state index contributed by atoms with van der Waals surface area (Å²) >= 11 is 0. The van der Waals surface area contributed by atoms with E-state index in [0.717, 1.165) is 12.3 Å². The van der Waals surface area contributed by atoms with Crippen LogP contribution in [0.2, 0.25) is 0 Å². The molecule has 120 valence electrons. The van der Waals surface area contributed by atoms with Gasteiger partial charge in [-0.3, -0.25) is 4.98 Å². The van der Waals surface area contributed by atoms with Gasteiger partial charge in [-0.25, -0.2) is 0 Å². The van der Waals surface area contributed by atoms with Crippen molar-refractivity contribution in [2.75, 3.05) is 46.8 Å². The van der Waals surface area contributed by atoms with Crippen molar-refractivity contribution in [2.45, 2.75) is 0 Å². The van der Waals surface area contributed by atoms with Gasteiger partial charge in [0.25, 0.3) is 0 Å². The molecule has 0 aliphatic rings. The summed E-state index contributed by atoms with van der Waals surface area (Å²) < 4.78 is 57.8. The first-order valence-corrected chi connectivity index (χ1v) is 6.46. The second-order valence-electron chi connectivity index (χ2n) is 4.09. The van der Waals surface area contributed by atoms with E-state index in [0.29, 0.717) is 26.4 Å². The predicted molar refractivity (Wildman–Crippen MR) is 72.0 cm³/mol. The summed E-state index contributed by atoms with van der Waals surface area (Å²) in [4.78, 5) is 3.51. The summed E-state index contributed by atoms with van der Waals surface area (Å²) in [5.41, 5.74) is -0.778. The second-order valence-corrected chi connectivity index (χ2v) is 4.09. The van der Waals surface area contributed by atoms with Crippen LogP contribution in [0.25, 0.3) is 0 Å². The maximum absolute atomic E-state index is 12.5. The third-order valence-corrected chi connectivity index (χ3v) is 2.41. The van der Waals surface area contributed by atoms with Gasteiger partial charge in [0.1, 0.15) is 12.4 Å². The lowest BCUT2D eigenvalue weighted by Gasteiger charge is -2.15. The molecule has 0 spiro atoms. The number of hydrogen-bond donors (Lipinski definition) is 0. The van der Waals surface area contributed by atoms with Crippen LogP contribution in [-0.4, -0.2) is 58.7 Å². The van der Waals surface area contributed by atoms with Gasteiger partial charge in [0.05, 0.1) is 39.2 Å². The maximum atomic E-state index is 12.5. The topological polar surface area (TPSA) is 49.8 Å². The molecule has 1 heterocycles. The lowest BCUT2D eigenvalue weighted by atomic mass is 9.81. The molecule has 0 bridgehead atoms. The monoisotopic (exact) mass is 308 g/mol. The minimum absolute atomic E-state index is 0.0756. The van der Waals surface area contributed by atoms with E-state index >= 15 is 0 Å². The van der Waals surface area contributed by atoms with Crippen LogP contribution in [0.1, 0.15) is 0 Å². The van der Waals surface area contributed by atoms with Crippen molar-refractivity contribution in [3.63, 3.8) is 0 Å². The molecule has 21 heavy (non-hydrogen) atoms. The second kappa shape index (κ2) is 9.59. The standard InChI is InChI=1S/C12H18BF3NO4/c1-18-2-3-19-4-5-20-6-7-21-12-8-11(9-17-10-12)13(14,15)16/h8-10H,2-7H2,1H3/q-1. The van der Waals surface area contributed by atoms with Gasteiger partial charge < -0.3 is 31.9 Å². The molecule has 0 aromatic carbocycles. The van der Waals surface area contributed by atoms with Crippen molar-refractivity contribution in [3.8, 4) is 5.75 Å². The SMILES string of the molecule is COCCOCCOCCOc1cncc([B-](F)(F)F)c1. The van der Waals surface area contributed by atoms with Crippen molar-refractivity contribution < 1.29 is 31.9 Å². The van der Waals surface area contributed by atoms with E-state index in [2.05, 4.69) is 4.98 Å². The zero-order valence-electron chi connectivity index (χ0n) is 11.8. The number of hydrogen-bond acceptors (Lipinski definition) is 5. The van der Waals surface area contributed by atoms with Gasteiger partial charge in [-0.05, 0) is 6.07 Å². The number of ether oxygens (including phenoxy) is 4. The van der Waals surface area contributed by atoms with Crippen molar-refractivity contribution in [1.29, 1.82) is 0 Å². The first-order valence-electron chi connectivity index (χ1n) is 6.46. The smallest absolute Gasteiger partial charge is 0.490 e. The normalized spacial score (nSPS) is 11.6. The Morgan fingerprint density at radius 2 is 1.57 bits per heavy atom. The molecule has 0 aliphatic carbocycles. The molecular weight excluding hydrogens is 290 g/mol. The molecule has 9 heteroatoms. The predicted octanol–water partition coefficient (Wildman–Crippen LogP) is 1.19. The van der Waals surface area contributed by atoms with E-state index in [1.807, 2.05) is 0 Å². The fourth-order valence-corrected chi connectivity index (χ4v) is 1.38. The van der Waals surface area contributed by atoms with Crippen LogP contribution in [-0.2, 0) is 14.2 Å². The van der Waals surface area contributed by atoms with Crippen LogP contribution < -0.4 is 10.2 Å². The van der Waals surface area contributed by atoms with Gasteiger partial charge in [0.2, 0.25) is 0 Å². The van der Waals surface area contributed by atoms with E-state index in [1.165, 1.54) is 6.20 Å². The molecule has 0 atom stereocenters. The van der Waals surface area contributed by atoms with Crippen molar-refractivity contribution in [3.05, 3.63) is 18.5 Å². The van der Waals surface area contributed by atoms with Gasteiger partial charge >= 0.3 is 6.98 Å². The highest BCUT2D eigenvalue weighted by atomic mass is 19.4. The van der Waals surface area contributed by atoms with Crippen molar-refractivity contribution >= 4 is 12.4 Å². The summed E-state index contributed by atoms with van der Waals surface area (Å²) in [5, 5.41) is 0. The Balaban J connectivity index is 2.13. The fourth-order valence-electron chi connectivity index (χ4n) is 1.38. The highest BCUT2D eigenvalue weighted by Crippen LogP contribution is 2.12. The maximum Gasteiger partial charge on any atom is 0.511 e. The number of rotatable bonds is 11. The highest BCUT2D eigenvalue weighted by molar-refractivity contribution is 6.73. The molecule has 0 fully saturated rings. The van der Waals surface area contributed by atoms with Crippen molar-refractivity contribution in [1.82, 2.24) is 4.98 Å². The number of aromatic nitrogens is 1. The van der Waals surface area contributed by atoms with E-state index in [1.54, 1.807) is 7.11 Å². The van der Waals surface area contributed by atoms with Crippen molar-refractivity contribution in [2.24, 2.45) is 0 Å². The Morgan fingerprint density at radius 3 is 2.19 bits per heavy atom. The molecule has 0 amide bonds. The molecule has 0 aliphatic heterocycles. The minimum Gasteiger partial charge on any atom is -0.490 e. The minimum atomic E-state index is -5.06. The van der Waals surface area contributed by atoms with E-state index in [4.69, 9.17) is 18.9 Å². The summed E-state index contributed by atoms with van der Waals surface area (Å²) in [7, 11) is 1.58. The average Bonchev–Trinajstić information content (AvgIpc) is 2.45. The molecule has 0 saturated heterocycles. The van der Waals surface area contributed by atoms with E-state index in [9.17, 15) is 12.9 Å². The van der Waals surface area contributed by atoms with E-state index in [-0.39, 0.29) is 19.0 Å². The molecule has 1 aromatic heterocycles. The van der Waals surface area contributed by atoms with Crippen LogP contribution in [0.4, 0.5) is 12.9 Å². The number of nitrogens with zero attached hydrogens (tertiary/aromatic N) is 1. The molecule has 5 nitrogen and oxygen atoms in total. The highest BCUT2D eigenvalue weighted by Gasteiger charge is 2.26. The van der Waals surface area contributed by atoms with Crippen LogP contribution in [0.5, 0.6) is 5.75 Å². The summed E-state index contributed by atoms with van der Waals surface area (Å²) in [6.45, 7) is -2.83. The fraction of sp³-hybridized carbons (Fsp3) is 0.583. The van der Waals surface area contributed by atoms with Crippen LogP contribution >= 0.6 is 0 Å². The summed E-state index contributed by atoms with van der Waals surface area (Å²) in [6.07, 6.45) is 2.01. The Morgan fingerprint density at radius 1 is 0.952 bits per heavy atom. The summed E-state index contributed by atoms with van der Waals surface area (Å²) in [6, 6.07) is 0.931. The first kappa shape index (κ1) is 17.7. The first-order chi connectivity index (χ1) is 10.0. The number of halogens is 3. The molecule has 0 unspecified atom stereocenters. The lowest BCUT2D eigenvalue weighted by molar-refractivity contribution is 0.0179. The molecule has 0 radical (unpaired) electrons. The van der Waals surface area contributed by atoms with Crippen LogP contribution in [0.15, 0.2) is 18.5 Å². The molecule has 0 N–H and O–H groups in total. The Kier molecular flexibility index (Phi) is 8.10. The third kappa shape index (κ3) is 7.88. The molecule has 1 rings (SSSR count). The van der Waals surface area contributed by atoms with Crippen LogP contribution in [0, 0.1) is 0 Å². The van der Waals surface area contributed by atoms with Gasteiger partial charge in [-0.1, -0.05) is 5.46 Å². The lowest BCUT2D eigenvalue weighted by Crippen LogP contribution is -2.34. The van der Waals surface area contributed by atoms with Gasteiger partial charge in [0.15, 0.2) is 0 Å². The number of pyridine rings is 1. The molecule has 0 saturated carbocycles.